The van der Waals surface area contributed by atoms with E-state index in [-0.39, 0.29) is 12.3 Å². The minimum atomic E-state index is -0.0902. The van der Waals surface area contributed by atoms with Gasteiger partial charge in [-0.05, 0) is 43.3 Å². The molecule has 5 nitrogen and oxygen atoms in total. The summed E-state index contributed by atoms with van der Waals surface area (Å²) in [5.74, 6) is 0.840. The van der Waals surface area contributed by atoms with Crippen molar-refractivity contribution in [2.24, 2.45) is 0 Å². The normalized spacial score (nSPS) is 10.6. The van der Waals surface area contributed by atoms with Crippen molar-refractivity contribution in [1.29, 1.82) is 0 Å². The molecule has 1 aromatic heterocycles. The zero-order chi connectivity index (χ0) is 16.9. The first-order valence-corrected chi connectivity index (χ1v) is 8.34. The summed E-state index contributed by atoms with van der Waals surface area (Å²) < 4.78 is 6.60. The van der Waals surface area contributed by atoms with Crippen molar-refractivity contribution < 1.29 is 9.21 Å². The third kappa shape index (κ3) is 4.29. The monoisotopic (exact) mass is 385 g/mol. The zero-order valence-electron chi connectivity index (χ0n) is 13.1. The fourth-order valence-corrected chi connectivity index (χ4v) is 2.49. The van der Waals surface area contributed by atoms with Gasteiger partial charge in [-0.15, -0.1) is 10.2 Å². The van der Waals surface area contributed by atoms with Gasteiger partial charge in [-0.1, -0.05) is 33.6 Å². The number of anilines is 1. The van der Waals surface area contributed by atoms with Crippen LogP contribution in [0.2, 0.25) is 0 Å². The second-order valence-corrected chi connectivity index (χ2v) is 6.34. The standard InChI is InChI=1S/C18H16BrN3O2/c1-12-3-2-4-13(11-12)18-22-21-17(24-18)10-9-16(23)20-15-7-5-14(19)6-8-15/h2-8,11H,9-10H2,1H3,(H,20,23). The Bertz CT molecular complexity index is 843. The fourth-order valence-electron chi connectivity index (χ4n) is 2.23. The average molecular weight is 386 g/mol. The van der Waals surface area contributed by atoms with Gasteiger partial charge in [-0.25, -0.2) is 0 Å². The van der Waals surface area contributed by atoms with Crippen LogP contribution < -0.4 is 5.32 Å². The van der Waals surface area contributed by atoms with E-state index in [0.717, 1.165) is 21.3 Å². The summed E-state index contributed by atoms with van der Waals surface area (Å²) in [6.45, 7) is 2.01. The van der Waals surface area contributed by atoms with E-state index in [9.17, 15) is 4.79 Å². The highest BCUT2D eigenvalue weighted by atomic mass is 79.9. The van der Waals surface area contributed by atoms with E-state index < -0.39 is 0 Å². The first kappa shape index (κ1) is 16.4. The predicted molar refractivity (Wildman–Crippen MR) is 95.6 cm³/mol. The quantitative estimate of drug-likeness (QED) is 0.707. The number of aryl methyl sites for hydroxylation is 2. The summed E-state index contributed by atoms with van der Waals surface area (Å²) in [6, 6.07) is 15.3. The molecule has 0 aliphatic carbocycles. The van der Waals surface area contributed by atoms with Gasteiger partial charge in [0.05, 0.1) is 0 Å². The fraction of sp³-hybridized carbons (Fsp3) is 0.167. The second kappa shape index (κ2) is 7.40. The lowest BCUT2D eigenvalue weighted by atomic mass is 10.1. The Balaban J connectivity index is 1.57. The minimum absolute atomic E-state index is 0.0902. The molecule has 1 amide bonds. The molecule has 0 fully saturated rings. The van der Waals surface area contributed by atoms with E-state index in [1.807, 2.05) is 55.5 Å². The molecule has 0 bridgehead atoms. The maximum absolute atomic E-state index is 12.0. The molecule has 0 unspecified atom stereocenters. The number of rotatable bonds is 5. The van der Waals surface area contributed by atoms with Crippen LogP contribution in [-0.4, -0.2) is 16.1 Å². The smallest absolute Gasteiger partial charge is 0.247 e. The molecule has 0 radical (unpaired) electrons. The van der Waals surface area contributed by atoms with E-state index in [4.69, 9.17) is 4.42 Å². The number of halogens is 1. The number of amides is 1. The van der Waals surface area contributed by atoms with Crippen LogP contribution in [0.15, 0.2) is 57.4 Å². The van der Waals surface area contributed by atoms with Gasteiger partial charge >= 0.3 is 0 Å². The van der Waals surface area contributed by atoms with Crippen LogP contribution in [0.3, 0.4) is 0 Å². The summed E-state index contributed by atoms with van der Waals surface area (Å²) in [5, 5.41) is 10.9. The van der Waals surface area contributed by atoms with Gasteiger partial charge < -0.3 is 9.73 Å². The summed E-state index contributed by atoms with van der Waals surface area (Å²) in [4.78, 5) is 12.0. The van der Waals surface area contributed by atoms with Crippen LogP contribution in [0.25, 0.3) is 11.5 Å². The van der Waals surface area contributed by atoms with Gasteiger partial charge in [0.15, 0.2) is 0 Å². The van der Waals surface area contributed by atoms with Crippen LogP contribution in [0, 0.1) is 6.92 Å². The van der Waals surface area contributed by atoms with Crippen molar-refractivity contribution >= 4 is 27.5 Å². The van der Waals surface area contributed by atoms with Crippen LogP contribution in [0.5, 0.6) is 0 Å². The van der Waals surface area contributed by atoms with Crippen molar-refractivity contribution in [3.05, 3.63) is 64.5 Å². The maximum atomic E-state index is 12.0. The number of benzene rings is 2. The predicted octanol–water partition coefficient (Wildman–Crippen LogP) is 4.38. The van der Waals surface area contributed by atoms with Crippen molar-refractivity contribution in [1.82, 2.24) is 10.2 Å². The summed E-state index contributed by atoms with van der Waals surface area (Å²) >= 11 is 3.36. The Morgan fingerprint density at radius 3 is 2.71 bits per heavy atom. The van der Waals surface area contributed by atoms with Crippen LogP contribution in [-0.2, 0) is 11.2 Å². The molecule has 1 heterocycles. The summed E-state index contributed by atoms with van der Waals surface area (Å²) in [5.41, 5.74) is 2.77. The molecular weight excluding hydrogens is 370 g/mol. The molecule has 24 heavy (non-hydrogen) atoms. The Morgan fingerprint density at radius 1 is 1.17 bits per heavy atom. The van der Waals surface area contributed by atoms with Crippen LogP contribution in [0.4, 0.5) is 5.69 Å². The van der Waals surface area contributed by atoms with Gasteiger partial charge in [0.25, 0.3) is 0 Å². The lowest BCUT2D eigenvalue weighted by Gasteiger charge is -2.03. The lowest BCUT2D eigenvalue weighted by Crippen LogP contribution is -2.12. The lowest BCUT2D eigenvalue weighted by molar-refractivity contribution is -0.116. The van der Waals surface area contributed by atoms with Crippen LogP contribution >= 0.6 is 15.9 Å². The van der Waals surface area contributed by atoms with Gasteiger partial charge in [0.1, 0.15) is 0 Å². The SMILES string of the molecule is Cc1cccc(-c2nnc(CCC(=O)Nc3ccc(Br)cc3)o2)c1. The molecule has 3 aromatic rings. The summed E-state index contributed by atoms with van der Waals surface area (Å²) in [6.07, 6.45) is 0.687. The van der Waals surface area contributed by atoms with Gasteiger partial charge in [0, 0.05) is 28.6 Å². The van der Waals surface area contributed by atoms with E-state index in [1.54, 1.807) is 0 Å². The Morgan fingerprint density at radius 2 is 1.96 bits per heavy atom. The van der Waals surface area contributed by atoms with Gasteiger partial charge in [-0.2, -0.15) is 0 Å². The van der Waals surface area contributed by atoms with Crippen molar-refractivity contribution in [2.45, 2.75) is 19.8 Å². The number of nitrogens with zero attached hydrogens (tertiary/aromatic N) is 2. The number of hydrogen-bond donors (Lipinski definition) is 1. The first-order chi connectivity index (χ1) is 11.6. The average Bonchev–Trinajstić information content (AvgIpc) is 3.04. The highest BCUT2D eigenvalue weighted by Gasteiger charge is 2.11. The second-order valence-electron chi connectivity index (χ2n) is 5.43. The highest BCUT2D eigenvalue weighted by Crippen LogP contribution is 2.19. The largest absolute Gasteiger partial charge is 0.421 e. The number of aromatic nitrogens is 2. The highest BCUT2D eigenvalue weighted by molar-refractivity contribution is 9.10. The number of hydrogen-bond acceptors (Lipinski definition) is 4. The Kier molecular flexibility index (Phi) is 5.05. The van der Waals surface area contributed by atoms with E-state index in [2.05, 4.69) is 31.4 Å². The zero-order valence-corrected chi connectivity index (χ0v) is 14.7. The molecule has 3 rings (SSSR count). The van der Waals surface area contributed by atoms with Gasteiger partial charge in [-0.3, -0.25) is 4.79 Å². The van der Waals surface area contributed by atoms with Crippen molar-refractivity contribution in [2.75, 3.05) is 5.32 Å². The number of nitrogens with one attached hydrogen (secondary N) is 1. The maximum Gasteiger partial charge on any atom is 0.247 e. The molecule has 0 atom stereocenters. The van der Waals surface area contributed by atoms with E-state index >= 15 is 0 Å². The molecule has 1 N–H and O–H groups in total. The minimum Gasteiger partial charge on any atom is -0.421 e. The summed E-state index contributed by atoms with van der Waals surface area (Å²) in [7, 11) is 0. The van der Waals surface area contributed by atoms with Crippen molar-refractivity contribution in [3.8, 4) is 11.5 Å². The molecular formula is C18H16BrN3O2. The third-order valence-electron chi connectivity index (χ3n) is 3.43. The number of carbonyl (C=O) groups is 1. The topological polar surface area (TPSA) is 68.0 Å². The van der Waals surface area contributed by atoms with Crippen molar-refractivity contribution in [3.63, 3.8) is 0 Å². The van der Waals surface area contributed by atoms with E-state index in [0.29, 0.717) is 18.2 Å². The van der Waals surface area contributed by atoms with Gasteiger partial charge in [0.2, 0.25) is 17.7 Å². The third-order valence-corrected chi connectivity index (χ3v) is 3.95. The van der Waals surface area contributed by atoms with E-state index in [1.165, 1.54) is 0 Å². The Hall–Kier alpha value is -2.47. The van der Waals surface area contributed by atoms with Crippen LogP contribution in [0.1, 0.15) is 17.9 Å². The molecule has 122 valence electrons. The molecule has 0 spiro atoms. The molecule has 6 heteroatoms. The number of carbonyl (C=O) groups excluding carboxylic acids is 1. The molecule has 2 aromatic carbocycles. The molecule has 0 aliphatic rings. The first-order valence-electron chi connectivity index (χ1n) is 7.55. The Labute approximate surface area is 148 Å². The molecule has 0 saturated carbocycles. The molecule has 0 saturated heterocycles. The molecule has 0 aliphatic heterocycles.